The number of halogens is 1. The fraction of sp³-hybridized carbons (Fsp3) is 0.444. The molecule has 26 heavy (non-hydrogen) atoms. The van der Waals surface area contributed by atoms with Crippen LogP contribution >= 0.6 is 24.2 Å². The molecule has 0 radical (unpaired) electrons. The van der Waals surface area contributed by atoms with Gasteiger partial charge in [0.1, 0.15) is 5.76 Å². The maximum absolute atomic E-state index is 12.6. The monoisotopic (exact) mass is 397 g/mol. The summed E-state index contributed by atoms with van der Waals surface area (Å²) < 4.78 is 5.19. The van der Waals surface area contributed by atoms with E-state index in [9.17, 15) is 9.90 Å². The van der Waals surface area contributed by atoms with Gasteiger partial charge in [-0.2, -0.15) is 0 Å². The van der Waals surface area contributed by atoms with Crippen LogP contribution < -0.4 is 10.6 Å². The lowest BCUT2D eigenvalue weighted by atomic mass is 10.1. The third kappa shape index (κ3) is 4.79. The van der Waals surface area contributed by atoms with E-state index in [4.69, 9.17) is 4.52 Å². The van der Waals surface area contributed by atoms with Crippen LogP contribution in [0.1, 0.15) is 27.4 Å². The van der Waals surface area contributed by atoms with E-state index in [1.54, 1.807) is 11.8 Å². The molecule has 6 nitrogen and oxygen atoms in total. The fourth-order valence-corrected chi connectivity index (χ4v) is 4.09. The van der Waals surface area contributed by atoms with Crippen molar-refractivity contribution in [2.75, 3.05) is 19.6 Å². The molecule has 1 aliphatic rings. The minimum atomic E-state index is -0.399. The molecule has 1 aromatic heterocycles. The molecule has 1 saturated heterocycles. The second kappa shape index (κ2) is 9.41. The number of aryl methyl sites for hydroxylation is 2. The van der Waals surface area contributed by atoms with Crippen LogP contribution in [-0.4, -0.2) is 41.9 Å². The summed E-state index contributed by atoms with van der Waals surface area (Å²) in [5, 5.41) is 19.9. The van der Waals surface area contributed by atoms with Crippen LogP contribution in [-0.2, 0) is 5.75 Å². The lowest BCUT2D eigenvalue weighted by Gasteiger charge is -2.15. The van der Waals surface area contributed by atoms with Crippen molar-refractivity contribution in [3.8, 4) is 0 Å². The number of carbonyl (C=O) groups is 1. The summed E-state index contributed by atoms with van der Waals surface area (Å²) in [6.45, 7) is 5.60. The Morgan fingerprint density at radius 2 is 2.15 bits per heavy atom. The molecule has 3 rings (SSSR count). The van der Waals surface area contributed by atoms with Crippen molar-refractivity contribution in [3.05, 3.63) is 46.8 Å². The van der Waals surface area contributed by atoms with Crippen LogP contribution in [0.5, 0.6) is 0 Å². The zero-order valence-corrected chi connectivity index (χ0v) is 16.5. The number of hydrogen-bond acceptors (Lipinski definition) is 6. The Balaban J connectivity index is 0.00000243. The average Bonchev–Trinajstić information content (AvgIpc) is 3.16. The van der Waals surface area contributed by atoms with E-state index in [1.165, 1.54) is 0 Å². The molecule has 2 atom stereocenters. The number of thioether (sulfide) groups is 1. The SMILES string of the molecule is Cc1noc(C)c1CSc1ccccc1C(=O)NCC1CNCC1O.Cl. The Hall–Kier alpha value is -1.54. The summed E-state index contributed by atoms with van der Waals surface area (Å²) in [5.74, 6) is 1.47. The predicted molar refractivity (Wildman–Crippen MR) is 104 cm³/mol. The molecule has 142 valence electrons. The summed E-state index contributed by atoms with van der Waals surface area (Å²) >= 11 is 1.60. The Bertz CT molecular complexity index is 734. The second-order valence-corrected chi connectivity index (χ2v) is 7.30. The number of carbonyl (C=O) groups excluding carboxylic acids is 1. The number of aromatic nitrogens is 1. The van der Waals surface area contributed by atoms with E-state index in [2.05, 4.69) is 15.8 Å². The summed E-state index contributed by atoms with van der Waals surface area (Å²) in [7, 11) is 0. The van der Waals surface area contributed by atoms with Gasteiger partial charge in [-0.25, -0.2) is 0 Å². The molecule has 1 fully saturated rings. The molecule has 0 spiro atoms. The van der Waals surface area contributed by atoms with Gasteiger partial charge >= 0.3 is 0 Å². The fourth-order valence-electron chi connectivity index (χ4n) is 2.88. The summed E-state index contributed by atoms with van der Waals surface area (Å²) in [6, 6.07) is 7.57. The maximum atomic E-state index is 12.6. The van der Waals surface area contributed by atoms with E-state index in [0.717, 1.165) is 28.5 Å². The van der Waals surface area contributed by atoms with Crippen LogP contribution in [0.4, 0.5) is 0 Å². The van der Waals surface area contributed by atoms with Crippen LogP contribution in [0, 0.1) is 19.8 Å². The number of rotatable bonds is 6. The molecule has 3 N–H and O–H groups in total. The lowest BCUT2D eigenvalue weighted by Crippen LogP contribution is -2.34. The normalized spacial score (nSPS) is 19.2. The van der Waals surface area contributed by atoms with Crippen molar-refractivity contribution < 1.29 is 14.4 Å². The van der Waals surface area contributed by atoms with Crippen LogP contribution in [0.3, 0.4) is 0 Å². The van der Waals surface area contributed by atoms with Gasteiger partial charge in [-0.15, -0.1) is 24.2 Å². The third-order valence-electron chi connectivity index (χ3n) is 4.51. The highest BCUT2D eigenvalue weighted by molar-refractivity contribution is 7.98. The molecular formula is C18H24ClN3O3S. The lowest BCUT2D eigenvalue weighted by molar-refractivity contribution is 0.0924. The van der Waals surface area contributed by atoms with Gasteiger partial charge in [0, 0.05) is 41.8 Å². The highest BCUT2D eigenvalue weighted by Gasteiger charge is 2.25. The number of nitrogens with one attached hydrogen (secondary N) is 2. The number of hydrogen-bond donors (Lipinski definition) is 3. The number of benzene rings is 1. The first-order valence-corrected chi connectivity index (χ1v) is 9.35. The first-order valence-electron chi connectivity index (χ1n) is 8.37. The van der Waals surface area contributed by atoms with Crippen molar-refractivity contribution in [1.82, 2.24) is 15.8 Å². The van der Waals surface area contributed by atoms with Gasteiger partial charge < -0.3 is 20.3 Å². The average molecular weight is 398 g/mol. The smallest absolute Gasteiger partial charge is 0.252 e. The minimum absolute atomic E-state index is 0. The van der Waals surface area contributed by atoms with Crippen molar-refractivity contribution in [2.45, 2.75) is 30.6 Å². The Kier molecular flexibility index (Phi) is 7.52. The van der Waals surface area contributed by atoms with Gasteiger partial charge in [-0.3, -0.25) is 4.79 Å². The van der Waals surface area contributed by atoms with E-state index < -0.39 is 6.10 Å². The summed E-state index contributed by atoms with van der Waals surface area (Å²) in [4.78, 5) is 13.5. The van der Waals surface area contributed by atoms with E-state index in [0.29, 0.717) is 24.4 Å². The Morgan fingerprint density at radius 1 is 1.38 bits per heavy atom. The van der Waals surface area contributed by atoms with Gasteiger partial charge in [0.15, 0.2) is 0 Å². The standard InChI is InChI=1S/C18H23N3O3S.ClH/c1-11-15(12(2)24-21-11)10-25-17-6-4-3-5-14(17)18(23)20-8-13-7-19-9-16(13)22;/h3-6,13,16,19,22H,7-10H2,1-2H3,(H,20,23);1H. The molecule has 2 aromatic rings. The van der Waals surface area contributed by atoms with E-state index in [-0.39, 0.29) is 24.2 Å². The number of amides is 1. The molecule has 0 aliphatic carbocycles. The largest absolute Gasteiger partial charge is 0.391 e. The van der Waals surface area contributed by atoms with E-state index >= 15 is 0 Å². The molecule has 1 aliphatic heterocycles. The predicted octanol–water partition coefficient (Wildman–Crippen LogP) is 2.32. The van der Waals surface area contributed by atoms with Gasteiger partial charge in [-0.1, -0.05) is 17.3 Å². The minimum Gasteiger partial charge on any atom is -0.391 e. The highest BCUT2D eigenvalue weighted by Crippen LogP contribution is 2.28. The van der Waals surface area contributed by atoms with Crippen LogP contribution in [0.15, 0.2) is 33.7 Å². The zero-order valence-electron chi connectivity index (χ0n) is 14.8. The Labute approximate surface area is 163 Å². The van der Waals surface area contributed by atoms with E-state index in [1.807, 2.05) is 38.1 Å². The number of aliphatic hydroxyl groups excluding tert-OH is 1. The first kappa shape index (κ1) is 20.8. The maximum Gasteiger partial charge on any atom is 0.252 e. The van der Waals surface area contributed by atoms with Gasteiger partial charge in [0.25, 0.3) is 5.91 Å². The summed E-state index contributed by atoms with van der Waals surface area (Å²) in [6.07, 6.45) is -0.399. The number of aliphatic hydroxyl groups is 1. The molecule has 2 heterocycles. The van der Waals surface area contributed by atoms with Crippen molar-refractivity contribution in [3.63, 3.8) is 0 Å². The van der Waals surface area contributed by atoms with Crippen molar-refractivity contribution in [1.29, 1.82) is 0 Å². The van der Waals surface area contributed by atoms with Crippen molar-refractivity contribution in [2.24, 2.45) is 5.92 Å². The molecule has 8 heteroatoms. The topological polar surface area (TPSA) is 87.4 Å². The van der Waals surface area contributed by atoms with Gasteiger partial charge in [0.2, 0.25) is 0 Å². The van der Waals surface area contributed by atoms with Gasteiger partial charge in [-0.05, 0) is 26.0 Å². The number of nitrogens with zero attached hydrogens (tertiary/aromatic N) is 1. The molecule has 0 saturated carbocycles. The van der Waals surface area contributed by atoms with Crippen LogP contribution in [0.25, 0.3) is 0 Å². The molecule has 0 bridgehead atoms. The number of β-amino-alcohol motifs (C(OH)–C–C–N with tert-alkyl or cyclic N) is 1. The zero-order chi connectivity index (χ0) is 17.8. The van der Waals surface area contributed by atoms with Crippen molar-refractivity contribution >= 4 is 30.1 Å². The highest BCUT2D eigenvalue weighted by atomic mass is 35.5. The second-order valence-electron chi connectivity index (χ2n) is 6.28. The molecule has 1 aromatic carbocycles. The molecular weight excluding hydrogens is 374 g/mol. The first-order chi connectivity index (χ1) is 12.1. The van der Waals surface area contributed by atoms with Crippen LogP contribution in [0.2, 0.25) is 0 Å². The van der Waals surface area contributed by atoms with Gasteiger partial charge in [0.05, 0.1) is 17.4 Å². The Morgan fingerprint density at radius 3 is 2.81 bits per heavy atom. The molecule has 2 unspecified atom stereocenters. The third-order valence-corrected chi connectivity index (χ3v) is 5.61. The summed E-state index contributed by atoms with van der Waals surface area (Å²) in [5.41, 5.74) is 2.61. The quantitative estimate of drug-likeness (QED) is 0.648. The molecule has 1 amide bonds.